The van der Waals surface area contributed by atoms with Crippen LogP contribution < -0.4 is 5.32 Å². The van der Waals surface area contributed by atoms with Gasteiger partial charge in [0.1, 0.15) is 0 Å². The minimum absolute atomic E-state index is 0.583. The Bertz CT molecular complexity index is 302. The molecule has 1 fully saturated rings. The quantitative estimate of drug-likeness (QED) is 0.826. The normalized spacial score (nSPS) is 19.3. The molecule has 1 saturated carbocycles. The van der Waals surface area contributed by atoms with Crippen molar-refractivity contribution in [2.45, 2.75) is 39.7 Å². The summed E-state index contributed by atoms with van der Waals surface area (Å²) in [5.41, 5.74) is 0.583. The van der Waals surface area contributed by atoms with Crippen LogP contribution in [0.1, 0.15) is 36.1 Å². The summed E-state index contributed by atoms with van der Waals surface area (Å²) in [7, 11) is 0. The highest BCUT2D eigenvalue weighted by Crippen LogP contribution is 2.39. The summed E-state index contributed by atoms with van der Waals surface area (Å²) >= 11 is 1.79. The molecule has 2 nitrogen and oxygen atoms in total. The fourth-order valence-corrected chi connectivity index (χ4v) is 2.70. The number of rotatable bonds is 4. The van der Waals surface area contributed by atoms with Gasteiger partial charge in [-0.25, -0.2) is 4.98 Å². The first-order valence-corrected chi connectivity index (χ1v) is 6.12. The second kappa shape index (κ2) is 3.99. The Morgan fingerprint density at radius 3 is 2.86 bits per heavy atom. The fourth-order valence-electron chi connectivity index (χ4n) is 1.93. The first-order valence-electron chi connectivity index (χ1n) is 5.30. The summed E-state index contributed by atoms with van der Waals surface area (Å²) in [5, 5.41) is 4.69. The summed E-state index contributed by atoms with van der Waals surface area (Å²) in [4.78, 5) is 5.60. The number of aromatic nitrogens is 1. The van der Waals surface area contributed by atoms with Gasteiger partial charge < -0.3 is 5.32 Å². The van der Waals surface area contributed by atoms with Gasteiger partial charge in [-0.2, -0.15) is 0 Å². The fraction of sp³-hybridized carbons (Fsp3) is 0.727. The van der Waals surface area contributed by atoms with Crippen molar-refractivity contribution >= 4 is 11.3 Å². The van der Waals surface area contributed by atoms with Crippen molar-refractivity contribution in [2.24, 2.45) is 5.41 Å². The predicted molar refractivity (Wildman–Crippen MR) is 60.5 cm³/mol. The summed E-state index contributed by atoms with van der Waals surface area (Å²) in [6.07, 6.45) is 6.18. The van der Waals surface area contributed by atoms with E-state index in [2.05, 4.69) is 24.1 Å². The van der Waals surface area contributed by atoms with E-state index in [1.807, 2.05) is 6.20 Å². The van der Waals surface area contributed by atoms with E-state index in [0.29, 0.717) is 5.41 Å². The summed E-state index contributed by atoms with van der Waals surface area (Å²) in [5.74, 6) is 0. The predicted octanol–water partition coefficient (Wildman–Crippen LogP) is 2.73. The molecule has 1 aliphatic carbocycles. The molecular formula is C11H18N2S. The summed E-state index contributed by atoms with van der Waals surface area (Å²) < 4.78 is 0. The van der Waals surface area contributed by atoms with E-state index in [9.17, 15) is 0 Å². The van der Waals surface area contributed by atoms with Crippen LogP contribution in [-0.4, -0.2) is 11.5 Å². The smallest absolute Gasteiger partial charge is 0.0897 e. The van der Waals surface area contributed by atoms with E-state index >= 15 is 0 Å². The highest BCUT2D eigenvalue weighted by Gasteiger charge is 2.30. The Balaban J connectivity index is 1.72. The van der Waals surface area contributed by atoms with Crippen LogP contribution >= 0.6 is 11.3 Å². The average Bonchev–Trinajstić information content (AvgIpc) is 2.49. The van der Waals surface area contributed by atoms with E-state index in [4.69, 9.17) is 0 Å². The van der Waals surface area contributed by atoms with Gasteiger partial charge in [0.2, 0.25) is 0 Å². The van der Waals surface area contributed by atoms with Crippen LogP contribution in [-0.2, 0) is 6.54 Å². The summed E-state index contributed by atoms with van der Waals surface area (Å²) in [6.45, 7) is 6.58. The Morgan fingerprint density at radius 1 is 1.57 bits per heavy atom. The minimum atomic E-state index is 0.583. The molecule has 1 aromatic rings. The molecule has 2 rings (SSSR count). The molecule has 0 amide bonds. The number of aryl methyl sites for hydroxylation is 1. The van der Waals surface area contributed by atoms with E-state index in [-0.39, 0.29) is 0 Å². The molecule has 1 N–H and O–H groups in total. The van der Waals surface area contributed by atoms with Crippen molar-refractivity contribution in [3.63, 3.8) is 0 Å². The van der Waals surface area contributed by atoms with E-state index in [0.717, 1.165) is 18.1 Å². The Kier molecular flexibility index (Phi) is 2.88. The van der Waals surface area contributed by atoms with Crippen LogP contribution in [0.15, 0.2) is 6.20 Å². The van der Waals surface area contributed by atoms with Gasteiger partial charge in [0, 0.05) is 24.2 Å². The van der Waals surface area contributed by atoms with Crippen molar-refractivity contribution in [2.75, 3.05) is 6.54 Å². The first-order chi connectivity index (χ1) is 6.68. The number of hydrogen-bond donors (Lipinski definition) is 1. The van der Waals surface area contributed by atoms with Crippen LogP contribution in [0.2, 0.25) is 0 Å². The number of nitrogens with one attached hydrogen (secondary N) is 1. The van der Waals surface area contributed by atoms with Crippen molar-refractivity contribution in [1.82, 2.24) is 10.3 Å². The molecule has 0 aromatic carbocycles. The third-order valence-corrected chi connectivity index (χ3v) is 3.99. The van der Waals surface area contributed by atoms with Gasteiger partial charge in [0.15, 0.2) is 0 Å². The van der Waals surface area contributed by atoms with Gasteiger partial charge in [-0.1, -0.05) is 13.3 Å². The van der Waals surface area contributed by atoms with Crippen molar-refractivity contribution in [1.29, 1.82) is 0 Å². The third-order valence-electron chi connectivity index (χ3n) is 3.08. The van der Waals surface area contributed by atoms with Crippen LogP contribution in [0.5, 0.6) is 0 Å². The van der Waals surface area contributed by atoms with Crippen LogP contribution in [0.3, 0.4) is 0 Å². The molecule has 0 saturated heterocycles. The lowest BCUT2D eigenvalue weighted by atomic mass is 9.70. The Hall–Kier alpha value is -0.410. The molecule has 0 bridgehead atoms. The van der Waals surface area contributed by atoms with Crippen molar-refractivity contribution in [3.05, 3.63) is 16.1 Å². The molecule has 1 aromatic heterocycles. The Morgan fingerprint density at radius 2 is 2.36 bits per heavy atom. The van der Waals surface area contributed by atoms with Crippen molar-refractivity contribution in [3.8, 4) is 0 Å². The van der Waals surface area contributed by atoms with Crippen LogP contribution in [0.4, 0.5) is 0 Å². The van der Waals surface area contributed by atoms with E-state index in [1.165, 1.54) is 24.1 Å². The molecule has 14 heavy (non-hydrogen) atoms. The largest absolute Gasteiger partial charge is 0.311 e. The molecule has 0 atom stereocenters. The van der Waals surface area contributed by atoms with Gasteiger partial charge in [0.25, 0.3) is 0 Å². The number of hydrogen-bond acceptors (Lipinski definition) is 3. The van der Waals surface area contributed by atoms with Gasteiger partial charge in [-0.15, -0.1) is 11.3 Å². The SMILES string of the molecule is Cc1ncc(CNCC2(C)CCC2)s1. The first kappa shape index (κ1) is 10.1. The maximum Gasteiger partial charge on any atom is 0.0897 e. The van der Waals surface area contributed by atoms with Crippen LogP contribution in [0.25, 0.3) is 0 Å². The molecular weight excluding hydrogens is 192 g/mol. The van der Waals surface area contributed by atoms with E-state index < -0.39 is 0 Å². The average molecular weight is 210 g/mol. The van der Waals surface area contributed by atoms with Gasteiger partial charge in [-0.3, -0.25) is 0 Å². The third kappa shape index (κ3) is 2.34. The zero-order chi connectivity index (χ0) is 10.0. The maximum absolute atomic E-state index is 4.24. The van der Waals surface area contributed by atoms with Gasteiger partial charge in [-0.05, 0) is 25.2 Å². The zero-order valence-corrected chi connectivity index (χ0v) is 9.78. The molecule has 0 aliphatic heterocycles. The molecule has 78 valence electrons. The second-order valence-corrected chi connectivity index (χ2v) is 5.93. The lowest BCUT2D eigenvalue weighted by Gasteiger charge is -2.38. The van der Waals surface area contributed by atoms with Crippen LogP contribution in [0, 0.1) is 12.3 Å². The highest BCUT2D eigenvalue weighted by atomic mass is 32.1. The number of thiazole rings is 1. The van der Waals surface area contributed by atoms with Crippen molar-refractivity contribution < 1.29 is 0 Å². The molecule has 3 heteroatoms. The molecule has 0 unspecified atom stereocenters. The Labute approximate surface area is 89.8 Å². The molecule has 0 spiro atoms. The maximum atomic E-state index is 4.24. The van der Waals surface area contributed by atoms with Gasteiger partial charge in [0.05, 0.1) is 5.01 Å². The van der Waals surface area contributed by atoms with E-state index in [1.54, 1.807) is 11.3 Å². The standard InChI is InChI=1S/C11H18N2S/c1-9-13-7-10(14-9)6-12-8-11(2)4-3-5-11/h7,12H,3-6,8H2,1-2H3. The lowest BCUT2D eigenvalue weighted by Crippen LogP contribution is -2.36. The lowest BCUT2D eigenvalue weighted by molar-refractivity contribution is 0.156. The minimum Gasteiger partial charge on any atom is -0.311 e. The second-order valence-electron chi connectivity index (χ2n) is 4.61. The molecule has 1 aliphatic rings. The topological polar surface area (TPSA) is 24.9 Å². The zero-order valence-electron chi connectivity index (χ0n) is 8.97. The summed E-state index contributed by atoms with van der Waals surface area (Å²) in [6, 6.07) is 0. The number of nitrogens with zero attached hydrogens (tertiary/aromatic N) is 1. The molecule has 1 heterocycles. The molecule has 0 radical (unpaired) electrons. The highest BCUT2D eigenvalue weighted by molar-refractivity contribution is 7.11. The van der Waals surface area contributed by atoms with Gasteiger partial charge >= 0.3 is 0 Å². The monoisotopic (exact) mass is 210 g/mol.